The Bertz CT molecular complexity index is 645. The molecule has 1 aliphatic heterocycles. The van der Waals surface area contributed by atoms with Crippen molar-refractivity contribution in [2.45, 2.75) is 52.6 Å². The summed E-state index contributed by atoms with van der Waals surface area (Å²) in [5.74, 6) is -2.89. The van der Waals surface area contributed by atoms with Gasteiger partial charge in [-0.3, -0.25) is 9.59 Å². The number of Topliss-reactive ketones (excluding diaryl/α,β-unsaturated/α-hetero) is 1. The molecule has 9 heteroatoms. The van der Waals surface area contributed by atoms with E-state index in [0.717, 1.165) is 12.0 Å². The molecule has 0 aliphatic carbocycles. The van der Waals surface area contributed by atoms with Crippen LogP contribution in [0.2, 0.25) is 0 Å². The first kappa shape index (κ1) is 20.5. The van der Waals surface area contributed by atoms with Gasteiger partial charge in [0.25, 0.3) is 5.78 Å². The van der Waals surface area contributed by atoms with Crippen molar-refractivity contribution >= 4 is 29.5 Å². The second-order valence-electron chi connectivity index (χ2n) is 6.75. The van der Waals surface area contributed by atoms with Gasteiger partial charge in [0, 0.05) is 6.54 Å². The van der Waals surface area contributed by atoms with Crippen molar-refractivity contribution in [3.8, 4) is 0 Å². The van der Waals surface area contributed by atoms with E-state index in [1.807, 2.05) is 0 Å². The zero-order valence-corrected chi connectivity index (χ0v) is 15.1. The fourth-order valence-electron chi connectivity index (χ4n) is 2.70. The smallest absolute Gasteiger partial charge is 0.442 e. The highest BCUT2D eigenvalue weighted by Crippen LogP contribution is 2.36. The van der Waals surface area contributed by atoms with E-state index in [0.29, 0.717) is 6.42 Å². The highest BCUT2D eigenvalue weighted by Gasteiger charge is 2.56. The maximum absolute atomic E-state index is 12.9. The molecule has 2 amide bonds. The van der Waals surface area contributed by atoms with Crippen molar-refractivity contribution in [3.05, 3.63) is 5.53 Å². The van der Waals surface area contributed by atoms with Crippen LogP contribution < -0.4 is 0 Å². The lowest BCUT2D eigenvalue weighted by atomic mass is 9.72. The maximum atomic E-state index is 12.9. The fraction of sp³-hybridized carbons (Fsp3) is 0.688. The van der Waals surface area contributed by atoms with Gasteiger partial charge in [0.05, 0.1) is 7.11 Å². The van der Waals surface area contributed by atoms with Gasteiger partial charge in [-0.05, 0) is 40.0 Å². The summed E-state index contributed by atoms with van der Waals surface area (Å²) in [5.41, 5.74) is 5.65. The van der Waals surface area contributed by atoms with E-state index < -0.39 is 40.5 Å². The fourth-order valence-corrected chi connectivity index (χ4v) is 2.70. The molecule has 1 unspecified atom stereocenters. The summed E-state index contributed by atoms with van der Waals surface area (Å²) in [6.45, 7) is 6.66. The number of carbonyl (C=O) groups excluding carboxylic acids is 4. The standard InChI is InChI=1S/C16H23N3O6/c1-6-16(11(20)10(18-17)12(21)24-5)8-7-9-19(13(16)22)14(23)25-15(2,3)4/h6-9H2,1-5H3. The average molecular weight is 353 g/mol. The minimum atomic E-state index is -1.68. The van der Waals surface area contributed by atoms with Gasteiger partial charge in [-0.2, -0.15) is 4.79 Å². The number of likely N-dealkylation sites (tertiary alicyclic amines) is 1. The number of piperidine rings is 1. The van der Waals surface area contributed by atoms with Gasteiger partial charge in [-0.1, -0.05) is 6.92 Å². The molecule has 1 rings (SSSR count). The van der Waals surface area contributed by atoms with Crippen LogP contribution in [0.1, 0.15) is 47.0 Å². The van der Waals surface area contributed by atoms with Gasteiger partial charge in [-0.25, -0.2) is 14.5 Å². The molecule has 1 fully saturated rings. The second kappa shape index (κ2) is 7.57. The van der Waals surface area contributed by atoms with E-state index in [-0.39, 0.29) is 19.4 Å². The van der Waals surface area contributed by atoms with Crippen molar-refractivity contribution in [3.63, 3.8) is 0 Å². The average Bonchev–Trinajstić information content (AvgIpc) is 2.53. The molecule has 1 atom stereocenters. The van der Waals surface area contributed by atoms with Gasteiger partial charge >= 0.3 is 17.8 Å². The number of carbonyl (C=O) groups is 4. The van der Waals surface area contributed by atoms with Gasteiger partial charge < -0.3 is 15.0 Å². The molecule has 0 aromatic heterocycles. The first-order chi connectivity index (χ1) is 11.5. The Morgan fingerprint density at radius 2 is 1.92 bits per heavy atom. The van der Waals surface area contributed by atoms with Crippen LogP contribution >= 0.6 is 0 Å². The predicted molar refractivity (Wildman–Crippen MR) is 85.6 cm³/mol. The first-order valence-corrected chi connectivity index (χ1v) is 7.94. The number of ketones is 1. The van der Waals surface area contributed by atoms with Gasteiger partial charge in [-0.15, -0.1) is 0 Å². The molecular weight excluding hydrogens is 330 g/mol. The molecule has 1 aliphatic rings. The normalized spacial score (nSPS) is 20.5. The van der Waals surface area contributed by atoms with E-state index in [9.17, 15) is 19.2 Å². The lowest BCUT2D eigenvalue weighted by molar-refractivity contribution is -0.153. The summed E-state index contributed by atoms with van der Waals surface area (Å²) in [6.07, 6.45) is -0.357. The molecule has 0 aromatic carbocycles. The van der Waals surface area contributed by atoms with Gasteiger partial charge in [0.15, 0.2) is 0 Å². The van der Waals surface area contributed by atoms with Crippen LogP contribution in [-0.4, -0.2) is 58.4 Å². The number of hydrogen-bond donors (Lipinski definition) is 0. The number of esters is 1. The SMILES string of the molecule is CCC1(C(=O)C(=[N+]=[N-])C(=O)OC)CCCN(C(=O)OC(C)(C)C)C1=O. The third-order valence-corrected chi connectivity index (χ3v) is 3.99. The van der Waals surface area contributed by atoms with Crippen molar-refractivity contribution in [2.75, 3.05) is 13.7 Å². The highest BCUT2D eigenvalue weighted by atomic mass is 16.6. The van der Waals surface area contributed by atoms with Crippen LogP contribution in [0.3, 0.4) is 0 Å². The zero-order chi connectivity index (χ0) is 19.4. The van der Waals surface area contributed by atoms with Crippen molar-refractivity contribution in [1.29, 1.82) is 0 Å². The summed E-state index contributed by atoms with van der Waals surface area (Å²) < 4.78 is 9.62. The summed E-state index contributed by atoms with van der Waals surface area (Å²) in [7, 11) is 1.02. The molecule has 1 heterocycles. The lowest BCUT2D eigenvalue weighted by Gasteiger charge is -2.38. The van der Waals surface area contributed by atoms with Crippen LogP contribution in [0.5, 0.6) is 0 Å². The van der Waals surface area contributed by atoms with E-state index in [4.69, 9.17) is 10.3 Å². The number of methoxy groups -OCH3 is 1. The Hall–Kier alpha value is -2.54. The van der Waals surface area contributed by atoms with E-state index in [1.165, 1.54) is 0 Å². The quantitative estimate of drug-likeness (QED) is 0.247. The van der Waals surface area contributed by atoms with Crippen LogP contribution in [0.25, 0.3) is 5.53 Å². The molecular formula is C16H23N3O6. The molecule has 0 radical (unpaired) electrons. The van der Waals surface area contributed by atoms with Gasteiger partial charge in [0.1, 0.15) is 11.0 Å². The molecule has 0 saturated carbocycles. The number of amides is 2. The van der Waals surface area contributed by atoms with Crippen molar-refractivity contribution in [1.82, 2.24) is 4.90 Å². The number of imide groups is 1. The number of rotatable bonds is 4. The Morgan fingerprint density at radius 1 is 1.32 bits per heavy atom. The zero-order valence-electron chi connectivity index (χ0n) is 15.1. The molecule has 1 saturated heterocycles. The highest BCUT2D eigenvalue weighted by molar-refractivity contribution is 6.64. The third-order valence-electron chi connectivity index (χ3n) is 3.99. The van der Waals surface area contributed by atoms with Gasteiger partial charge in [0.2, 0.25) is 5.91 Å². The summed E-state index contributed by atoms with van der Waals surface area (Å²) >= 11 is 0. The third kappa shape index (κ3) is 4.11. The molecule has 0 bridgehead atoms. The Balaban J connectivity index is 3.24. The second-order valence-corrected chi connectivity index (χ2v) is 6.75. The number of ether oxygens (including phenoxy) is 2. The van der Waals surface area contributed by atoms with E-state index in [2.05, 4.69) is 9.53 Å². The summed E-state index contributed by atoms with van der Waals surface area (Å²) in [4.78, 5) is 53.1. The molecule has 138 valence electrons. The van der Waals surface area contributed by atoms with Crippen molar-refractivity contribution in [2.24, 2.45) is 5.41 Å². The Kier molecular flexibility index (Phi) is 6.20. The van der Waals surface area contributed by atoms with Crippen LogP contribution in [0.4, 0.5) is 4.79 Å². The largest absolute Gasteiger partial charge is 0.460 e. The molecule has 0 N–H and O–H groups in total. The summed E-state index contributed by atoms with van der Waals surface area (Å²) in [6, 6.07) is 0. The predicted octanol–water partition coefficient (Wildman–Crippen LogP) is 1.35. The number of hydrogen-bond acceptors (Lipinski definition) is 6. The Morgan fingerprint density at radius 3 is 2.36 bits per heavy atom. The van der Waals surface area contributed by atoms with Crippen LogP contribution in [0, 0.1) is 5.41 Å². The maximum Gasteiger partial charge on any atom is 0.442 e. The topological polar surface area (TPSA) is 126 Å². The van der Waals surface area contributed by atoms with Crippen LogP contribution in [0.15, 0.2) is 0 Å². The van der Waals surface area contributed by atoms with Crippen LogP contribution in [-0.2, 0) is 23.9 Å². The monoisotopic (exact) mass is 353 g/mol. The minimum absolute atomic E-state index is 0.0278. The number of nitrogens with zero attached hydrogens (tertiary/aromatic N) is 3. The molecule has 0 spiro atoms. The molecule has 0 aromatic rings. The lowest BCUT2D eigenvalue weighted by Crippen LogP contribution is -2.57. The molecule has 25 heavy (non-hydrogen) atoms. The molecule has 9 nitrogen and oxygen atoms in total. The minimum Gasteiger partial charge on any atom is -0.460 e. The van der Waals surface area contributed by atoms with E-state index >= 15 is 0 Å². The summed E-state index contributed by atoms with van der Waals surface area (Å²) in [5, 5.41) is 0. The van der Waals surface area contributed by atoms with E-state index in [1.54, 1.807) is 27.7 Å². The van der Waals surface area contributed by atoms with Crippen molar-refractivity contribution < 1.29 is 33.4 Å². The Labute approximate surface area is 145 Å². The first-order valence-electron chi connectivity index (χ1n) is 7.94.